The molecule has 0 radical (unpaired) electrons. The van der Waals surface area contributed by atoms with Crippen molar-refractivity contribution >= 4 is 0 Å². The van der Waals surface area contributed by atoms with E-state index in [1.807, 2.05) is 4.90 Å². The quantitative estimate of drug-likeness (QED) is 0.801. The van der Waals surface area contributed by atoms with Gasteiger partial charge in [-0.2, -0.15) is 5.26 Å². The van der Waals surface area contributed by atoms with Crippen LogP contribution < -0.4 is 0 Å². The van der Waals surface area contributed by atoms with Gasteiger partial charge in [0.05, 0.1) is 17.7 Å². The zero-order chi connectivity index (χ0) is 15.8. The third-order valence-electron chi connectivity index (χ3n) is 3.33. The molecule has 21 heavy (non-hydrogen) atoms. The highest BCUT2D eigenvalue weighted by Crippen LogP contribution is 2.22. The number of hydrogen-bond acceptors (Lipinski definition) is 3. The van der Waals surface area contributed by atoms with E-state index in [4.69, 9.17) is 5.26 Å². The first-order chi connectivity index (χ1) is 9.95. The Kier molecular flexibility index (Phi) is 7.27. The van der Waals surface area contributed by atoms with Crippen molar-refractivity contribution in [3.05, 3.63) is 35.4 Å². The van der Waals surface area contributed by atoms with Gasteiger partial charge in [0, 0.05) is 19.5 Å². The summed E-state index contributed by atoms with van der Waals surface area (Å²) >= 11 is 0. The van der Waals surface area contributed by atoms with Gasteiger partial charge in [-0.25, -0.2) is 8.78 Å². The number of nitrogens with zero attached hydrogens (tertiary/aromatic N) is 2. The van der Waals surface area contributed by atoms with E-state index < -0.39 is 17.7 Å². The zero-order valence-electron chi connectivity index (χ0n) is 12.5. The molecule has 0 saturated heterocycles. The fourth-order valence-electron chi connectivity index (χ4n) is 2.11. The highest BCUT2D eigenvalue weighted by atomic mass is 19.1. The molecule has 5 heteroatoms. The van der Waals surface area contributed by atoms with Crippen LogP contribution in [-0.4, -0.2) is 29.6 Å². The van der Waals surface area contributed by atoms with Crippen LogP contribution in [0.3, 0.4) is 0 Å². The van der Waals surface area contributed by atoms with Crippen LogP contribution in [0.15, 0.2) is 18.2 Å². The smallest absolute Gasteiger partial charge is 0.131 e. The second kappa shape index (κ2) is 8.71. The normalized spacial score (nSPS) is 12.7. The fourth-order valence-corrected chi connectivity index (χ4v) is 2.11. The molecule has 0 aliphatic carbocycles. The molecule has 0 spiro atoms. The second-order valence-corrected chi connectivity index (χ2v) is 5.54. The van der Waals surface area contributed by atoms with Crippen LogP contribution in [0.5, 0.6) is 0 Å². The van der Waals surface area contributed by atoms with Crippen LogP contribution in [0.2, 0.25) is 0 Å². The standard InChI is InChI=1S/C16H22F2N2O/c1-12(2)7-10-20(9-4-8-19)11-15(21)16-13(17)5-3-6-14(16)18/h3,5-6,12,15,21H,4,7,9-11H2,1-2H3. The summed E-state index contributed by atoms with van der Waals surface area (Å²) in [4.78, 5) is 1.87. The van der Waals surface area contributed by atoms with Gasteiger partial charge in [0.1, 0.15) is 11.6 Å². The summed E-state index contributed by atoms with van der Waals surface area (Å²) in [7, 11) is 0. The SMILES string of the molecule is CC(C)CCN(CCC#N)CC(O)c1c(F)cccc1F. The molecule has 0 amide bonds. The van der Waals surface area contributed by atoms with E-state index in [2.05, 4.69) is 19.9 Å². The highest BCUT2D eigenvalue weighted by Gasteiger charge is 2.20. The Morgan fingerprint density at radius 3 is 2.38 bits per heavy atom. The van der Waals surface area contributed by atoms with Crippen LogP contribution in [-0.2, 0) is 0 Å². The van der Waals surface area contributed by atoms with Gasteiger partial charge in [-0.3, -0.25) is 4.90 Å². The lowest BCUT2D eigenvalue weighted by atomic mass is 10.1. The predicted octanol–water partition coefficient (Wildman–Crippen LogP) is 3.26. The Hall–Kier alpha value is -1.51. The van der Waals surface area contributed by atoms with E-state index in [0.29, 0.717) is 25.4 Å². The van der Waals surface area contributed by atoms with Gasteiger partial charge in [0.15, 0.2) is 0 Å². The molecular weight excluding hydrogens is 274 g/mol. The van der Waals surface area contributed by atoms with Crippen LogP contribution in [0, 0.1) is 28.9 Å². The van der Waals surface area contributed by atoms with Crippen molar-refractivity contribution in [2.75, 3.05) is 19.6 Å². The van der Waals surface area contributed by atoms with E-state index in [1.165, 1.54) is 6.07 Å². The Labute approximate surface area is 124 Å². The minimum atomic E-state index is -1.24. The Morgan fingerprint density at radius 2 is 1.86 bits per heavy atom. The molecule has 1 atom stereocenters. The molecule has 0 heterocycles. The third-order valence-corrected chi connectivity index (χ3v) is 3.33. The summed E-state index contributed by atoms with van der Waals surface area (Å²) in [6, 6.07) is 5.59. The molecule has 0 aromatic heterocycles. The largest absolute Gasteiger partial charge is 0.387 e. The zero-order valence-corrected chi connectivity index (χ0v) is 12.5. The van der Waals surface area contributed by atoms with Crippen molar-refractivity contribution in [2.24, 2.45) is 5.92 Å². The Morgan fingerprint density at radius 1 is 1.24 bits per heavy atom. The first kappa shape index (κ1) is 17.5. The minimum Gasteiger partial charge on any atom is -0.387 e. The third kappa shape index (κ3) is 5.78. The Balaban J connectivity index is 2.74. The van der Waals surface area contributed by atoms with Crippen molar-refractivity contribution in [1.82, 2.24) is 4.90 Å². The van der Waals surface area contributed by atoms with Gasteiger partial charge in [0.2, 0.25) is 0 Å². The van der Waals surface area contributed by atoms with Gasteiger partial charge < -0.3 is 5.11 Å². The van der Waals surface area contributed by atoms with E-state index >= 15 is 0 Å². The van der Waals surface area contributed by atoms with Crippen molar-refractivity contribution in [3.8, 4) is 6.07 Å². The molecule has 0 fully saturated rings. The lowest BCUT2D eigenvalue weighted by Crippen LogP contribution is -2.32. The van der Waals surface area contributed by atoms with E-state index in [0.717, 1.165) is 18.6 Å². The molecule has 1 aromatic carbocycles. The molecule has 1 N–H and O–H groups in total. The van der Waals surface area contributed by atoms with Crippen molar-refractivity contribution < 1.29 is 13.9 Å². The van der Waals surface area contributed by atoms with E-state index in [-0.39, 0.29) is 12.1 Å². The predicted molar refractivity (Wildman–Crippen MR) is 77.4 cm³/mol. The van der Waals surface area contributed by atoms with Gasteiger partial charge in [-0.15, -0.1) is 0 Å². The van der Waals surface area contributed by atoms with Gasteiger partial charge in [-0.1, -0.05) is 19.9 Å². The maximum atomic E-state index is 13.6. The average molecular weight is 296 g/mol. The molecule has 3 nitrogen and oxygen atoms in total. The molecule has 1 unspecified atom stereocenters. The maximum absolute atomic E-state index is 13.6. The van der Waals surface area contributed by atoms with Crippen molar-refractivity contribution in [1.29, 1.82) is 5.26 Å². The lowest BCUT2D eigenvalue weighted by molar-refractivity contribution is 0.105. The molecule has 0 aliphatic rings. The molecular formula is C16H22F2N2O. The number of aliphatic hydroxyl groups excluding tert-OH is 1. The van der Waals surface area contributed by atoms with Crippen LogP contribution in [0.25, 0.3) is 0 Å². The average Bonchev–Trinajstić information content (AvgIpc) is 2.41. The molecule has 0 bridgehead atoms. The summed E-state index contributed by atoms with van der Waals surface area (Å²) in [5, 5.41) is 18.8. The highest BCUT2D eigenvalue weighted by molar-refractivity contribution is 5.22. The molecule has 116 valence electrons. The van der Waals surface area contributed by atoms with Crippen molar-refractivity contribution in [3.63, 3.8) is 0 Å². The molecule has 1 aromatic rings. The minimum absolute atomic E-state index is 0.117. The Bertz CT molecular complexity index is 465. The molecule has 0 saturated carbocycles. The summed E-state index contributed by atoms with van der Waals surface area (Å²) in [5.74, 6) is -1.00. The second-order valence-electron chi connectivity index (χ2n) is 5.54. The number of rotatable bonds is 8. The summed E-state index contributed by atoms with van der Waals surface area (Å²) in [5.41, 5.74) is -0.302. The number of aliphatic hydroxyl groups is 1. The monoisotopic (exact) mass is 296 g/mol. The molecule has 0 aliphatic heterocycles. The maximum Gasteiger partial charge on any atom is 0.131 e. The van der Waals surface area contributed by atoms with Gasteiger partial charge in [0.25, 0.3) is 0 Å². The number of hydrogen-bond donors (Lipinski definition) is 1. The number of halogens is 2. The number of nitriles is 1. The number of benzene rings is 1. The van der Waals surface area contributed by atoms with Crippen LogP contribution in [0.1, 0.15) is 38.4 Å². The fraction of sp³-hybridized carbons (Fsp3) is 0.562. The summed E-state index contributed by atoms with van der Waals surface area (Å²) in [6.45, 7) is 5.44. The summed E-state index contributed by atoms with van der Waals surface area (Å²) < 4.78 is 27.3. The lowest BCUT2D eigenvalue weighted by Gasteiger charge is -2.25. The van der Waals surface area contributed by atoms with E-state index in [1.54, 1.807) is 0 Å². The van der Waals surface area contributed by atoms with Crippen molar-refractivity contribution in [2.45, 2.75) is 32.8 Å². The van der Waals surface area contributed by atoms with Crippen LogP contribution in [0.4, 0.5) is 8.78 Å². The van der Waals surface area contributed by atoms with E-state index in [9.17, 15) is 13.9 Å². The molecule has 1 rings (SSSR count). The van der Waals surface area contributed by atoms with Gasteiger partial charge in [-0.05, 0) is 31.0 Å². The first-order valence-electron chi connectivity index (χ1n) is 7.17. The summed E-state index contributed by atoms with van der Waals surface area (Å²) in [6.07, 6.45) is -0.0142. The van der Waals surface area contributed by atoms with Crippen LogP contribution >= 0.6 is 0 Å². The topological polar surface area (TPSA) is 47.3 Å². The van der Waals surface area contributed by atoms with Gasteiger partial charge >= 0.3 is 0 Å². The first-order valence-corrected chi connectivity index (χ1v) is 7.17.